The van der Waals surface area contributed by atoms with Crippen molar-refractivity contribution in [2.75, 3.05) is 37.8 Å². The van der Waals surface area contributed by atoms with Crippen LogP contribution in [0.3, 0.4) is 0 Å². The van der Waals surface area contributed by atoms with Crippen molar-refractivity contribution in [2.24, 2.45) is 0 Å². The molecule has 0 bridgehead atoms. The van der Waals surface area contributed by atoms with Gasteiger partial charge in [0.1, 0.15) is 5.82 Å². The Hall–Kier alpha value is -1.86. The smallest absolute Gasteiger partial charge is 0.315 e. The Bertz CT molecular complexity index is 525. The molecule has 24 heavy (non-hydrogen) atoms. The van der Waals surface area contributed by atoms with Gasteiger partial charge in [-0.25, -0.2) is 9.78 Å². The summed E-state index contributed by atoms with van der Waals surface area (Å²) >= 11 is 0. The van der Waals surface area contributed by atoms with E-state index in [0.717, 1.165) is 57.1 Å². The molecule has 1 aromatic rings. The summed E-state index contributed by atoms with van der Waals surface area (Å²) in [6, 6.07) is 3.85. The first kappa shape index (κ1) is 17.0. The molecule has 1 aromatic heterocycles. The van der Waals surface area contributed by atoms with Crippen molar-refractivity contribution in [3.8, 4) is 0 Å². The molecule has 7 heteroatoms. The van der Waals surface area contributed by atoms with E-state index in [4.69, 9.17) is 9.47 Å². The number of anilines is 1. The van der Waals surface area contributed by atoms with E-state index >= 15 is 0 Å². The zero-order valence-corrected chi connectivity index (χ0v) is 14.2. The number of morpholine rings is 1. The lowest BCUT2D eigenvalue weighted by atomic mass is 10.1. The van der Waals surface area contributed by atoms with Crippen molar-refractivity contribution in [1.29, 1.82) is 0 Å². The fourth-order valence-electron chi connectivity index (χ4n) is 3.03. The van der Waals surface area contributed by atoms with E-state index in [1.54, 1.807) is 0 Å². The van der Waals surface area contributed by atoms with Gasteiger partial charge in [-0.05, 0) is 31.4 Å². The van der Waals surface area contributed by atoms with Gasteiger partial charge in [-0.2, -0.15) is 0 Å². The van der Waals surface area contributed by atoms with Crippen LogP contribution in [0.1, 0.15) is 25.3 Å². The number of carbonyl (C=O) groups is 1. The summed E-state index contributed by atoms with van der Waals surface area (Å²) in [5.41, 5.74) is 0.979. The molecule has 2 atom stereocenters. The van der Waals surface area contributed by atoms with Crippen molar-refractivity contribution < 1.29 is 14.3 Å². The maximum Gasteiger partial charge on any atom is 0.315 e. The lowest BCUT2D eigenvalue weighted by molar-refractivity contribution is 0.0860. The van der Waals surface area contributed by atoms with Crippen LogP contribution in [0.5, 0.6) is 0 Å². The van der Waals surface area contributed by atoms with E-state index in [2.05, 4.69) is 20.5 Å². The molecule has 132 valence electrons. The molecule has 0 radical (unpaired) electrons. The van der Waals surface area contributed by atoms with Crippen LogP contribution in [0.15, 0.2) is 18.3 Å². The predicted molar refractivity (Wildman–Crippen MR) is 91.1 cm³/mol. The van der Waals surface area contributed by atoms with E-state index in [9.17, 15) is 4.79 Å². The first-order chi connectivity index (χ1) is 11.7. The highest BCUT2D eigenvalue weighted by molar-refractivity contribution is 5.74. The molecular weight excluding hydrogens is 308 g/mol. The minimum atomic E-state index is -0.171. The van der Waals surface area contributed by atoms with Gasteiger partial charge < -0.3 is 25.0 Å². The molecule has 2 amide bonds. The largest absolute Gasteiger partial charge is 0.378 e. The Morgan fingerprint density at radius 3 is 2.88 bits per heavy atom. The van der Waals surface area contributed by atoms with Crippen molar-refractivity contribution in [3.63, 3.8) is 0 Å². The lowest BCUT2D eigenvalue weighted by Crippen LogP contribution is -2.45. The standard InChI is InChI=1S/C17H26N4O3/c1-13(15-3-2-8-24-15)20-17(22)19-12-14-4-5-16(18-11-14)21-6-9-23-10-7-21/h4-5,11,13,15H,2-3,6-10,12H2,1H3,(H2,19,20,22)/t13-,15+/m1/s1. The van der Waals surface area contributed by atoms with E-state index in [-0.39, 0.29) is 18.2 Å². The van der Waals surface area contributed by atoms with Crippen molar-refractivity contribution >= 4 is 11.8 Å². The predicted octanol–water partition coefficient (Wildman–Crippen LogP) is 1.28. The topological polar surface area (TPSA) is 75.7 Å². The number of ether oxygens (including phenoxy) is 2. The molecule has 0 aromatic carbocycles. The van der Waals surface area contributed by atoms with Gasteiger partial charge in [0, 0.05) is 32.4 Å². The van der Waals surface area contributed by atoms with Crippen LogP contribution < -0.4 is 15.5 Å². The molecule has 0 aliphatic carbocycles. The second-order valence-electron chi connectivity index (χ2n) is 6.29. The normalized spacial score (nSPS) is 22.2. The molecule has 3 rings (SSSR count). The summed E-state index contributed by atoms with van der Waals surface area (Å²) in [6.07, 6.45) is 4.02. The van der Waals surface area contributed by atoms with Crippen molar-refractivity contribution in [2.45, 2.75) is 38.5 Å². The number of pyridine rings is 1. The van der Waals surface area contributed by atoms with Crippen molar-refractivity contribution in [3.05, 3.63) is 23.9 Å². The molecule has 0 saturated carbocycles. The summed E-state index contributed by atoms with van der Waals surface area (Å²) in [6.45, 7) is 6.46. The first-order valence-corrected chi connectivity index (χ1v) is 8.66. The fourth-order valence-corrected chi connectivity index (χ4v) is 3.03. The maximum absolute atomic E-state index is 12.0. The van der Waals surface area contributed by atoms with E-state index in [1.165, 1.54) is 0 Å². The van der Waals surface area contributed by atoms with Gasteiger partial charge in [0.25, 0.3) is 0 Å². The number of urea groups is 1. The molecule has 2 N–H and O–H groups in total. The summed E-state index contributed by atoms with van der Waals surface area (Å²) in [4.78, 5) is 18.7. The minimum absolute atomic E-state index is 0.0225. The molecule has 0 unspecified atom stereocenters. The van der Waals surface area contributed by atoms with Gasteiger partial charge in [-0.3, -0.25) is 0 Å². The first-order valence-electron chi connectivity index (χ1n) is 8.66. The summed E-state index contributed by atoms with van der Waals surface area (Å²) in [7, 11) is 0. The Kier molecular flexibility index (Phi) is 5.87. The third-order valence-electron chi connectivity index (χ3n) is 4.48. The monoisotopic (exact) mass is 334 g/mol. The summed E-state index contributed by atoms with van der Waals surface area (Å²) in [5.74, 6) is 0.957. The lowest BCUT2D eigenvalue weighted by Gasteiger charge is -2.27. The molecule has 2 aliphatic rings. The van der Waals surface area contributed by atoms with E-state index < -0.39 is 0 Å². The zero-order chi connectivity index (χ0) is 16.8. The summed E-state index contributed by atoms with van der Waals surface area (Å²) < 4.78 is 10.9. The van der Waals surface area contributed by atoms with Gasteiger partial charge >= 0.3 is 6.03 Å². The van der Waals surface area contributed by atoms with Crippen LogP contribution in [0.4, 0.5) is 10.6 Å². The molecule has 2 aliphatic heterocycles. The number of amides is 2. The van der Waals surface area contributed by atoms with Crippen LogP contribution in [0.2, 0.25) is 0 Å². The van der Waals surface area contributed by atoms with Crippen LogP contribution >= 0.6 is 0 Å². The molecule has 3 heterocycles. The van der Waals surface area contributed by atoms with E-state index in [0.29, 0.717) is 6.54 Å². The quantitative estimate of drug-likeness (QED) is 0.848. The Labute approximate surface area is 142 Å². The maximum atomic E-state index is 12.0. The fraction of sp³-hybridized carbons (Fsp3) is 0.647. The number of carbonyl (C=O) groups excluding carboxylic acids is 1. The number of nitrogens with zero attached hydrogens (tertiary/aromatic N) is 2. The highest BCUT2D eigenvalue weighted by Gasteiger charge is 2.23. The number of hydrogen-bond donors (Lipinski definition) is 2. The number of nitrogens with one attached hydrogen (secondary N) is 2. The van der Waals surface area contributed by atoms with Gasteiger partial charge in [0.2, 0.25) is 0 Å². The Morgan fingerprint density at radius 1 is 1.38 bits per heavy atom. The van der Waals surface area contributed by atoms with Gasteiger partial charge in [0.05, 0.1) is 25.4 Å². The minimum Gasteiger partial charge on any atom is -0.378 e. The SMILES string of the molecule is C[C@@H](NC(=O)NCc1ccc(N2CCOCC2)nc1)[C@@H]1CCCO1. The van der Waals surface area contributed by atoms with Gasteiger partial charge in [-0.15, -0.1) is 0 Å². The van der Waals surface area contributed by atoms with Crippen LogP contribution in [0, 0.1) is 0 Å². The average Bonchev–Trinajstić information content (AvgIpc) is 3.16. The molecule has 7 nitrogen and oxygen atoms in total. The third-order valence-corrected chi connectivity index (χ3v) is 4.48. The van der Waals surface area contributed by atoms with Gasteiger partial charge in [0.15, 0.2) is 0 Å². The molecule has 2 fully saturated rings. The number of hydrogen-bond acceptors (Lipinski definition) is 5. The highest BCUT2D eigenvalue weighted by Crippen LogP contribution is 2.15. The Morgan fingerprint density at radius 2 is 2.21 bits per heavy atom. The van der Waals surface area contributed by atoms with Gasteiger partial charge in [-0.1, -0.05) is 6.07 Å². The second-order valence-corrected chi connectivity index (χ2v) is 6.29. The van der Waals surface area contributed by atoms with E-state index in [1.807, 2.05) is 25.3 Å². The average molecular weight is 334 g/mol. The van der Waals surface area contributed by atoms with Crippen molar-refractivity contribution in [1.82, 2.24) is 15.6 Å². The number of rotatable bonds is 5. The highest BCUT2D eigenvalue weighted by atomic mass is 16.5. The third kappa shape index (κ3) is 4.58. The summed E-state index contributed by atoms with van der Waals surface area (Å²) in [5, 5.41) is 5.81. The molecule has 0 spiro atoms. The number of aromatic nitrogens is 1. The zero-order valence-electron chi connectivity index (χ0n) is 14.2. The Balaban J connectivity index is 1.43. The van der Waals surface area contributed by atoms with Crippen LogP contribution in [-0.2, 0) is 16.0 Å². The second kappa shape index (κ2) is 8.30. The molecular formula is C17H26N4O3. The van der Waals surface area contributed by atoms with Crippen LogP contribution in [-0.4, -0.2) is 56.1 Å². The van der Waals surface area contributed by atoms with Crippen LogP contribution in [0.25, 0.3) is 0 Å². The molecule has 2 saturated heterocycles.